The van der Waals surface area contributed by atoms with Gasteiger partial charge in [0.15, 0.2) is 0 Å². The minimum atomic E-state index is -0.739. The van der Waals surface area contributed by atoms with Crippen LogP contribution in [0, 0.1) is 5.41 Å². The molecule has 0 N–H and O–H groups in total. The zero-order chi connectivity index (χ0) is 7.95. The first-order valence-corrected chi connectivity index (χ1v) is 4.10. The zero-order valence-corrected chi connectivity index (χ0v) is 7.05. The lowest BCUT2D eigenvalue weighted by molar-refractivity contribution is -0.459. The number of ether oxygens (including phenoxy) is 3. The van der Waals surface area contributed by atoms with E-state index in [9.17, 15) is 0 Å². The summed E-state index contributed by atoms with van der Waals surface area (Å²) in [6, 6.07) is 0. The van der Waals surface area contributed by atoms with Crippen molar-refractivity contribution < 1.29 is 14.2 Å². The van der Waals surface area contributed by atoms with E-state index in [4.69, 9.17) is 14.2 Å². The van der Waals surface area contributed by atoms with Gasteiger partial charge in [0, 0.05) is 12.3 Å². The Kier molecular flexibility index (Phi) is 1.50. The van der Waals surface area contributed by atoms with Crippen LogP contribution in [0.5, 0.6) is 0 Å². The molecule has 3 heterocycles. The van der Waals surface area contributed by atoms with Crippen molar-refractivity contribution in [1.29, 1.82) is 0 Å². The molecule has 0 aromatic carbocycles. The van der Waals surface area contributed by atoms with Crippen LogP contribution in [0.1, 0.15) is 20.3 Å². The molecule has 0 atom stereocenters. The van der Waals surface area contributed by atoms with Gasteiger partial charge in [0.05, 0.1) is 19.8 Å². The fourth-order valence-electron chi connectivity index (χ4n) is 1.41. The number of fused-ring (bicyclic) bond motifs is 3. The molecule has 3 aliphatic rings. The van der Waals surface area contributed by atoms with Crippen LogP contribution in [0.15, 0.2) is 0 Å². The van der Waals surface area contributed by atoms with Gasteiger partial charge in [0.1, 0.15) is 0 Å². The first kappa shape index (κ1) is 7.53. The average Bonchev–Trinajstić information content (AvgIpc) is 2.07. The summed E-state index contributed by atoms with van der Waals surface area (Å²) in [4.78, 5) is 0. The van der Waals surface area contributed by atoms with Crippen LogP contribution in [-0.2, 0) is 14.2 Å². The van der Waals surface area contributed by atoms with Crippen molar-refractivity contribution in [3.05, 3.63) is 0 Å². The standard InChI is InChI=1S/C8H14O3/c1-3-8-4-9-7(2,10-5-8)11-6-8/h3-6H2,1-2H3. The van der Waals surface area contributed by atoms with E-state index in [0.717, 1.165) is 26.2 Å². The van der Waals surface area contributed by atoms with E-state index in [0.29, 0.717) is 0 Å². The third-order valence-electron chi connectivity index (χ3n) is 2.67. The lowest BCUT2D eigenvalue weighted by Gasteiger charge is -2.50. The van der Waals surface area contributed by atoms with Gasteiger partial charge in [-0.25, -0.2) is 0 Å². The average molecular weight is 158 g/mol. The number of hydrogen-bond acceptors (Lipinski definition) is 3. The largest absolute Gasteiger partial charge is 0.327 e. The van der Waals surface area contributed by atoms with Gasteiger partial charge in [-0.1, -0.05) is 6.92 Å². The van der Waals surface area contributed by atoms with Crippen LogP contribution in [0.4, 0.5) is 0 Å². The first-order chi connectivity index (χ1) is 5.18. The third kappa shape index (κ3) is 1.08. The molecule has 3 saturated heterocycles. The molecule has 0 aromatic rings. The maximum Gasteiger partial charge on any atom is 0.279 e. The van der Waals surface area contributed by atoms with Crippen molar-refractivity contribution in [2.24, 2.45) is 5.41 Å². The van der Waals surface area contributed by atoms with Crippen LogP contribution in [0.2, 0.25) is 0 Å². The van der Waals surface area contributed by atoms with Crippen LogP contribution in [0.25, 0.3) is 0 Å². The summed E-state index contributed by atoms with van der Waals surface area (Å²) < 4.78 is 16.2. The minimum Gasteiger partial charge on any atom is -0.327 e. The van der Waals surface area contributed by atoms with Gasteiger partial charge in [-0.3, -0.25) is 0 Å². The van der Waals surface area contributed by atoms with E-state index in [1.165, 1.54) is 0 Å². The highest BCUT2D eigenvalue weighted by atomic mass is 16.9. The van der Waals surface area contributed by atoms with Crippen LogP contribution >= 0.6 is 0 Å². The predicted octanol–water partition coefficient (Wildman–Crippen LogP) is 1.13. The van der Waals surface area contributed by atoms with Crippen LogP contribution in [0.3, 0.4) is 0 Å². The molecule has 0 aromatic heterocycles. The summed E-state index contributed by atoms with van der Waals surface area (Å²) in [5.74, 6) is -0.739. The monoisotopic (exact) mass is 158 g/mol. The summed E-state index contributed by atoms with van der Waals surface area (Å²) in [5.41, 5.74) is 0.137. The van der Waals surface area contributed by atoms with Crippen molar-refractivity contribution in [1.82, 2.24) is 0 Å². The summed E-state index contributed by atoms with van der Waals surface area (Å²) >= 11 is 0. The number of hydrogen-bond donors (Lipinski definition) is 0. The molecule has 11 heavy (non-hydrogen) atoms. The second kappa shape index (κ2) is 2.19. The van der Waals surface area contributed by atoms with E-state index in [2.05, 4.69) is 6.92 Å². The summed E-state index contributed by atoms with van der Waals surface area (Å²) in [6.07, 6.45) is 1.06. The molecule has 3 heteroatoms. The highest BCUT2D eigenvalue weighted by Crippen LogP contribution is 2.39. The molecule has 3 nitrogen and oxygen atoms in total. The van der Waals surface area contributed by atoms with E-state index in [-0.39, 0.29) is 5.41 Å². The summed E-state index contributed by atoms with van der Waals surface area (Å²) in [7, 11) is 0. The zero-order valence-electron chi connectivity index (χ0n) is 7.05. The van der Waals surface area contributed by atoms with Crippen LogP contribution < -0.4 is 0 Å². The Balaban J connectivity index is 2.12. The molecule has 0 amide bonds. The Morgan fingerprint density at radius 1 is 1.09 bits per heavy atom. The van der Waals surface area contributed by atoms with Gasteiger partial charge in [-0.15, -0.1) is 0 Å². The molecule has 0 saturated carbocycles. The molecule has 0 spiro atoms. The molecular weight excluding hydrogens is 144 g/mol. The summed E-state index contributed by atoms with van der Waals surface area (Å²) in [5, 5.41) is 0. The maximum absolute atomic E-state index is 5.41. The molecule has 2 bridgehead atoms. The third-order valence-corrected chi connectivity index (χ3v) is 2.67. The van der Waals surface area contributed by atoms with Crippen molar-refractivity contribution in [3.8, 4) is 0 Å². The molecule has 64 valence electrons. The molecule has 3 fully saturated rings. The Hall–Kier alpha value is -0.120. The Bertz CT molecular complexity index is 142. The fraction of sp³-hybridized carbons (Fsp3) is 1.00. The topological polar surface area (TPSA) is 27.7 Å². The van der Waals surface area contributed by atoms with E-state index in [1.54, 1.807) is 0 Å². The predicted molar refractivity (Wildman–Crippen MR) is 39.0 cm³/mol. The highest BCUT2D eigenvalue weighted by molar-refractivity contribution is 4.85. The van der Waals surface area contributed by atoms with Gasteiger partial charge in [-0.2, -0.15) is 0 Å². The van der Waals surface area contributed by atoms with Crippen molar-refractivity contribution in [2.45, 2.75) is 26.2 Å². The van der Waals surface area contributed by atoms with Crippen molar-refractivity contribution in [3.63, 3.8) is 0 Å². The quantitative estimate of drug-likeness (QED) is 0.572. The fourth-order valence-corrected chi connectivity index (χ4v) is 1.41. The Labute approximate surface area is 66.6 Å². The SMILES string of the molecule is CCC12COC(C)(OC1)OC2. The van der Waals surface area contributed by atoms with Gasteiger partial charge < -0.3 is 14.2 Å². The molecule has 3 aliphatic heterocycles. The molecule has 0 unspecified atom stereocenters. The Morgan fingerprint density at radius 2 is 1.55 bits per heavy atom. The van der Waals surface area contributed by atoms with Crippen molar-refractivity contribution >= 4 is 0 Å². The van der Waals surface area contributed by atoms with Gasteiger partial charge >= 0.3 is 0 Å². The van der Waals surface area contributed by atoms with Crippen molar-refractivity contribution in [2.75, 3.05) is 19.8 Å². The van der Waals surface area contributed by atoms with E-state index < -0.39 is 5.97 Å². The normalized spacial score (nSPS) is 49.6. The highest BCUT2D eigenvalue weighted by Gasteiger charge is 2.48. The molecule has 0 radical (unpaired) electrons. The van der Waals surface area contributed by atoms with E-state index >= 15 is 0 Å². The lowest BCUT2D eigenvalue weighted by atomic mass is 9.86. The first-order valence-electron chi connectivity index (χ1n) is 4.10. The second-order valence-corrected chi connectivity index (χ2v) is 3.58. The lowest BCUT2D eigenvalue weighted by Crippen LogP contribution is -2.58. The molecular formula is C8H14O3. The van der Waals surface area contributed by atoms with Gasteiger partial charge in [-0.05, 0) is 6.42 Å². The smallest absolute Gasteiger partial charge is 0.279 e. The van der Waals surface area contributed by atoms with Gasteiger partial charge in [0.25, 0.3) is 5.97 Å². The van der Waals surface area contributed by atoms with E-state index in [1.807, 2.05) is 6.92 Å². The number of rotatable bonds is 1. The van der Waals surface area contributed by atoms with Gasteiger partial charge in [0.2, 0.25) is 0 Å². The second-order valence-electron chi connectivity index (χ2n) is 3.58. The molecule has 3 rings (SSSR count). The van der Waals surface area contributed by atoms with Crippen LogP contribution in [-0.4, -0.2) is 25.8 Å². The Morgan fingerprint density at radius 3 is 1.91 bits per heavy atom. The molecule has 0 aliphatic carbocycles. The maximum atomic E-state index is 5.41. The minimum absolute atomic E-state index is 0.137. The summed E-state index contributed by atoms with van der Waals surface area (Å²) in [6.45, 7) is 6.30.